The Morgan fingerprint density at radius 1 is 1.13 bits per heavy atom. The van der Waals surface area contributed by atoms with E-state index in [1.54, 1.807) is 30.3 Å². The van der Waals surface area contributed by atoms with Crippen molar-refractivity contribution in [2.75, 3.05) is 10.8 Å². The molecule has 2 aromatic carbocycles. The Kier molecular flexibility index (Phi) is 3.87. The van der Waals surface area contributed by atoms with Gasteiger partial charge in [-0.15, -0.1) is 0 Å². The van der Waals surface area contributed by atoms with Gasteiger partial charge in [0.1, 0.15) is 0 Å². The van der Waals surface area contributed by atoms with Gasteiger partial charge in [-0.2, -0.15) is 5.26 Å². The first-order valence-corrected chi connectivity index (χ1v) is 8.97. The first-order valence-electron chi connectivity index (χ1n) is 7.53. The van der Waals surface area contributed by atoms with Crippen molar-refractivity contribution in [3.05, 3.63) is 60.2 Å². The van der Waals surface area contributed by atoms with Crippen molar-refractivity contribution in [3.8, 4) is 6.07 Å². The zero-order chi connectivity index (χ0) is 16.5. The topological polar surface area (TPSA) is 61.2 Å². The number of nitriles is 1. The molecule has 0 radical (unpaired) electrons. The van der Waals surface area contributed by atoms with Crippen molar-refractivity contribution in [2.45, 2.75) is 30.1 Å². The lowest BCUT2D eigenvalue weighted by Crippen LogP contribution is -2.35. The van der Waals surface area contributed by atoms with Gasteiger partial charge >= 0.3 is 0 Å². The summed E-state index contributed by atoms with van der Waals surface area (Å²) in [5, 5.41) is 8.91. The number of fused-ring (bicyclic) bond motifs is 1. The minimum atomic E-state index is -3.60. The number of para-hydroxylation sites is 1. The Bertz CT molecular complexity index is 856. The van der Waals surface area contributed by atoms with Gasteiger partial charge in [0, 0.05) is 18.4 Å². The molecule has 0 N–H and O–H groups in total. The summed E-state index contributed by atoms with van der Waals surface area (Å²) in [6.45, 7) is 2.40. The van der Waals surface area contributed by atoms with Crippen LogP contribution in [0.25, 0.3) is 0 Å². The molecule has 0 amide bonds. The van der Waals surface area contributed by atoms with Gasteiger partial charge in [0.05, 0.1) is 16.7 Å². The molecule has 5 heteroatoms. The highest BCUT2D eigenvalue weighted by molar-refractivity contribution is 7.92. The fraction of sp³-hybridized carbons (Fsp3) is 0.278. The van der Waals surface area contributed by atoms with Crippen molar-refractivity contribution in [2.24, 2.45) is 0 Å². The molecular weight excluding hydrogens is 308 g/mol. The van der Waals surface area contributed by atoms with Crippen molar-refractivity contribution in [1.29, 1.82) is 5.26 Å². The number of nitrogens with zero attached hydrogens (tertiary/aromatic N) is 2. The van der Waals surface area contributed by atoms with Gasteiger partial charge in [0.25, 0.3) is 10.0 Å². The molecule has 2 aromatic rings. The molecule has 1 unspecified atom stereocenters. The van der Waals surface area contributed by atoms with E-state index in [1.807, 2.05) is 31.2 Å². The van der Waals surface area contributed by atoms with E-state index in [9.17, 15) is 8.42 Å². The van der Waals surface area contributed by atoms with Crippen LogP contribution in [0.1, 0.15) is 25.3 Å². The van der Waals surface area contributed by atoms with Crippen LogP contribution in [0.2, 0.25) is 0 Å². The summed E-state index contributed by atoms with van der Waals surface area (Å²) in [5.74, 6) is 0. The van der Waals surface area contributed by atoms with Gasteiger partial charge < -0.3 is 0 Å². The molecule has 3 rings (SSSR count). The van der Waals surface area contributed by atoms with Crippen LogP contribution in [0, 0.1) is 11.3 Å². The molecule has 1 atom stereocenters. The average molecular weight is 326 g/mol. The molecule has 0 spiro atoms. The maximum atomic E-state index is 13.0. The Morgan fingerprint density at radius 3 is 2.48 bits per heavy atom. The van der Waals surface area contributed by atoms with Crippen LogP contribution < -0.4 is 4.31 Å². The van der Waals surface area contributed by atoms with Crippen molar-refractivity contribution in [1.82, 2.24) is 0 Å². The second-order valence-electron chi connectivity index (χ2n) is 6.06. The van der Waals surface area contributed by atoms with Crippen molar-refractivity contribution in [3.63, 3.8) is 0 Å². The number of hydrogen-bond acceptors (Lipinski definition) is 3. The molecule has 1 aliphatic heterocycles. The summed E-state index contributed by atoms with van der Waals surface area (Å²) >= 11 is 0. The van der Waals surface area contributed by atoms with Crippen LogP contribution in [0.4, 0.5) is 5.69 Å². The maximum absolute atomic E-state index is 13.0. The zero-order valence-corrected chi connectivity index (χ0v) is 13.8. The van der Waals surface area contributed by atoms with E-state index in [2.05, 4.69) is 6.07 Å². The van der Waals surface area contributed by atoms with E-state index in [-0.39, 0.29) is 5.41 Å². The minimum Gasteiger partial charge on any atom is -0.265 e. The molecule has 0 saturated heterocycles. The minimum absolute atomic E-state index is 0.291. The standard InChI is InChI=1S/C18H18N2O2S/c1-18(12-7-13-19)14-20(17-11-6-5-10-16(17)18)23(21,22)15-8-3-2-4-9-15/h2-6,8-11H,7,12,14H2,1H3. The van der Waals surface area contributed by atoms with Crippen LogP contribution in [0.15, 0.2) is 59.5 Å². The van der Waals surface area contributed by atoms with Gasteiger partial charge in [0.15, 0.2) is 0 Å². The Labute approximate surface area is 137 Å². The van der Waals surface area contributed by atoms with E-state index in [4.69, 9.17) is 5.26 Å². The number of sulfonamides is 1. The van der Waals surface area contributed by atoms with E-state index in [0.717, 1.165) is 11.3 Å². The number of benzene rings is 2. The first kappa shape index (κ1) is 15.6. The molecule has 23 heavy (non-hydrogen) atoms. The van der Waals surface area contributed by atoms with Gasteiger partial charge in [-0.05, 0) is 30.2 Å². The second kappa shape index (κ2) is 5.71. The summed E-state index contributed by atoms with van der Waals surface area (Å²) in [7, 11) is -3.60. The van der Waals surface area contributed by atoms with E-state index < -0.39 is 10.0 Å². The van der Waals surface area contributed by atoms with Gasteiger partial charge in [-0.1, -0.05) is 43.3 Å². The highest BCUT2D eigenvalue weighted by Gasteiger charge is 2.43. The Morgan fingerprint density at radius 2 is 1.78 bits per heavy atom. The molecule has 0 saturated carbocycles. The third-order valence-corrected chi connectivity index (χ3v) is 6.21. The highest BCUT2D eigenvalue weighted by atomic mass is 32.2. The van der Waals surface area contributed by atoms with Gasteiger partial charge in [-0.3, -0.25) is 4.31 Å². The Balaban J connectivity index is 2.08. The smallest absolute Gasteiger partial charge is 0.264 e. The van der Waals surface area contributed by atoms with Gasteiger partial charge in [-0.25, -0.2) is 8.42 Å². The van der Waals surface area contributed by atoms with Crippen LogP contribution in [0.3, 0.4) is 0 Å². The SMILES string of the molecule is CC1(CCC#N)CN(S(=O)(=O)c2ccccc2)c2ccccc21. The fourth-order valence-corrected chi connectivity index (χ4v) is 4.80. The second-order valence-corrected chi connectivity index (χ2v) is 7.92. The molecule has 0 aliphatic carbocycles. The maximum Gasteiger partial charge on any atom is 0.264 e. The third kappa shape index (κ3) is 2.60. The lowest BCUT2D eigenvalue weighted by Gasteiger charge is -2.25. The largest absolute Gasteiger partial charge is 0.265 e. The van der Waals surface area contributed by atoms with Crippen molar-refractivity contribution < 1.29 is 8.42 Å². The van der Waals surface area contributed by atoms with Crippen molar-refractivity contribution >= 4 is 15.7 Å². The van der Waals surface area contributed by atoms with E-state index >= 15 is 0 Å². The number of hydrogen-bond donors (Lipinski definition) is 0. The molecule has 0 bridgehead atoms. The summed E-state index contributed by atoms with van der Waals surface area (Å²) in [6, 6.07) is 18.2. The fourth-order valence-electron chi connectivity index (χ4n) is 3.17. The lowest BCUT2D eigenvalue weighted by molar-refractivity contribution is 0.474. The number of rotatable bonds is 4. The van der Waals surface area contributed by atoms with Gasteiger partial charge in [0.2, 0.25) is 0 Å². The van der Waals surface area contributed by atoms with E-state index in [1.165, 1.54) is 4.31 Å². The highest BCUT2D eigenvalue weighted by Crippen LogP contribution is 2.45. The predicted molar refractivity (Wildman–Crippen MR) is 89.6 cm³/mol. The summed E-state index contributed by atoms with van der Waals surface area (Å²) in [5.41, 5.74) is 1.38. The predicted octanol–water partition coefficient (Wildman–Crippen LogP) is 3.46. The molecule has 1 aliphatic rings. The lowest BCUT2D eigenvalue weighted by atomic mass is 9.80. The molecule has 0 fully saturated rings. The normalized spacial score (nSPS) is 20.1. The molecule has 1 heterocycles. The molecule has 4 nitrogen and oxygen atoms in total. The third-order valence-electron chi connectivity index (χ3n) is 4.44. The summed E-state index contributed by atoms with van der Waals surface area (Å²) in [4.78, 5) is 0.291. The molecular formula is C18H18N2O2S. The molecule has 0 aromatic heterocycles. The van der Waals surface area contributed by atoms with Crippen LogP contribution in [0.5, 0.6) is 0 Å². The van der Waals surface area contributed by atoms with Crippen LogP contribution in [-0.4, -0.2) is 15.0 Å². The Hall–Kier alpha value is -2.32. The monoisotopic (exact) mass is 326 g/mol. The quantitative estimate of drug-likeness (QED) is 0.864. The average Bonchev–Trinajstić information content (AvgIpc) is 2.89. The van der Waals surface area contributed by atoms with E-state index in [0.29, 0.717) is 24.3 Å². The van der Waals surface area contributed by atoms with Crippen LogP contribution in [-0.2, 0) is 15.4 Å². The van der Waals surface area contributed by atoms with Crippen LogP contribution >= 0.6 is 0 Å². The number of anilines is 1. The summed E-state index contributed by atoms with van der Waals surface area (Å²) in [6.07, 6.45) is 1.05. The molecule has 118 valence electrons. The summed E-state index contributed by atoms with van der Waals surface area (Å²) < 4.78 is 27.5. The zero-order valence-electron chi connectivity index (χ0n) is 12.9. The first-order chi connectivity index (χ1) is 11.0.